The van der Waals surface area contributed by atoms with E-state index in [0.29, 0.717) is 0 Å². The zero-order valence-corrected chi connectivity index (χ0v) is 8.18. The highest BCUT2D eigenvalue weighted by Gasteiger charge is 2.18. The molecule has 12 heavy (non-hydrogen) atoms. The molecule has 0 amide bonds. The second-order valence-electron chi connectivity index (χ2n) is 3.81. The Morgan fingerprint density at radius 2 is 1.75 bits per heavy atom. The molecule has 1 N–H and O–H groups in total. The maximum Gasteiger partial charge on any atom is 0.0843 e. The molecule has 1 nitrogen and oxygen atoms in total. The molecule has 1 rings (SSSR count). The smallest absolute Gasteiger partial charge is 0.0843 e. The van der Waals surface area contributed by atoms with Crippen molar-refractivity contribution in [1.82, 2.24) is 0 Å². The standard InChI is InChI=1S/C11H16O/c1-8-6-5-7-10(9(8)2)11(3,4)12/h5-7,12H,1-4H3. The van der Waals surface area contributed by atoms with Crippen LogP contribution in [0, 0.1) is 13.8 Å². The van der Waals surface area contributed by atoms with Gasteiger partial charge in [0.15, 0.2) is 0 Å². The molecule has 0 unspecified atom stereocenters. The summed E-state index contributed by atoms with van der Waals surface area (Å²) in [6, 6.07) is 6.02. The Morgan fingerprint density at radius 3 is 2.17 bits per heavy atom. The number of aryl methyl sites for hydroxylation is 1. The fourth-order valence-electron chi connectivity index (χ4n) is 1.41. The molecule has 0 saturated heterocycles. The summed E-state index contributed by atoms with van der Waals surface area (Å²) >= 11 is 0. The van der Waals surface area contributed by atoms with Crippen LogP contribution in [-0.4, -0.2) is 5.11 Å². The van der Waals surface area contributed by atoms with Crippen molar-refractivity contribution in [2.24, 2.45) is 0 Å². The average molecular weight is 164 g/mol. The maximum atomic E-state index is 9.79. The van der Waals surface area contributed by atoms with E-state index in [-0.39, 0.29) is 0 Å². The molecule has 0 aromatic heterocycles. The molecule has 0 saturated carbocycles. The van der Waals surface area contributed by atoms with Gasteiger partial charge in [0, 0.05) is 0 Å². The molecule has 0 aliphatic rings. The number of rotatable bonds is 1. The predicted octanol–water partition coefficient (Wildman–Crippen LogP) is 2.53. The minimum absolute atomic E-state index is 0.726. The zero-order chi connectivity index (χ0) is 9.35. The highest BCUT2D eigenvalue weighted by Crippen LogP contribution is 2.24. The molecular formula is C11H16O. The first-order chi connectivity index (χ1) is 5.43. The minimum atomic E-state index is -0.726. The van der Waals surface area contributed by atoms with Crippen molar-refractivity contribution >= 4 is 0 Å². The molecule has 0 bridgehead atoms. The highest BCUT2D eigenvalue weighted by atomic mass is 16.3. The van der Waals surface area contributed by atoms with Crippen molar-refractivity contribution in [1.29, 1.82) is 0 Å². The van der Waals surface area contributed by atoms with E-state index in [9.17, 15) is 5.11 Å². The molecule has 0 spiro atoms. The topological polar surface area (TPSA) is 20.2 Å². The second-order valence-corrected chi connectivity index (χ2v) is 3.81. The van der Waals surface area contributed by atoms with Crippen LogP contribution in [0.4, 0.5) is 0 Å². The van der Waals surface area contributed by atoms with Gasteiger partial charge in [0.25, 0.3) is 0 Å². The molecule has 0 atom stereocenters. The van der Waals surface area contributed by atoms with E-state index >= 15 is 0 Å². The molecule has 0 heterocycles. The van der Waals surface area contributed by atoms with Gasteiger partial charge in [-0.05, 0) is 44.4 Å². The molecule has 66 valence electrons. The number of aliphatic hydroxyl groups is 1. The summed E-state index contributed by atoms with van der Waals surface area (Å²) in [6.07, 6.45) is 0. The molecule has 0 fully saturated rings. The van der Waals surface area contributed by atoms with Gasteiger partial charge < -0.3 is 5.11 Å². The van der Waals surface area contributed by atoms with Gasteiger partial charge in [0.1, 0.15) is 0 Å². The number of hydrogen-bond donors (Lipinski definition) is 1. The van der Waals surface area contributed by atoms with E-state index in [4.69, 9.17) is 0 Å². The summed E-state index contributed by atoms with van der Waals surface area (Å²) < 4.78 is 0. The summed E-state index contributed by atoms with van der Waals surface area (Å²) in [7, 11) is 0. The summed E-state index contributed by atoms with van der Waals surface area (Å²) in [5.41, 5.74) is 2.71. The largest absolute Gasteiger partial charge is 0.386 e. The normalized spacial score (nSPS) is 11.8. The molecule has 0 aliphatic heterocycles. The van der Waals surface area contributed by atoms with Crippen LogP contribution in [0.15, 0.2) is 18.2 Å². The molecule has 1 aromatic rings. The van der Waals surface area contributed by atoms with Crippen LogP contribution in [0.5, 0.6) is 0 Å². The second kappa shape index (κ2) is 2.91. The SMILES string of the molecule is Cc1cccc(C(C)(C)O)c1C. The maximum absolute atomic E-state index is 9.79. The van der Waals surface area contributed by atoms with E-state index in [0.717, 1.165) is 5.56 Å². The van der Waals surface area contributed by atoms with Gasteiger partial charge in [-0.3, -0.25) is 0 Å². The van der Waals surface area contributed by atoms with Gasteiger partial charge in [-0.1, -0.05) is 18.2 Å². The summed E-state index contributed by atoms with van der Waals surface area (Å²) in [4.78, 5) is 0. The van der Waals surface area contributed by atoms with Crippen molar-refractivity contribution in [2.45, 2.75) is 33.3 Å². The lowest BCUT2D eigenvalue weighted by molar-refractivity contribution is 0.0778. The lowest BCUT2D eigenvalue weighted by atomic mass is 9.91. The van der Waals surface area contributed by atoms with Crippen molar-refractivity contribution in [3.05, 3.63) is 34.9 Å². The van der Waals surface area contributed by atoms with E-state index in [2.05, 4.69) is 13.0 Å². The summed E-state index contributed by atoms with van der Waals surface area (Å²) in [6.45, 7) is 7.73. The van der Waals surface area contributed by atoms with Crippen molar-refractivity contribution in [3.63, 3.8) is 0 Å². The van der Waals surface area contributed by atoms with Crippen molar-refractivity contribution < 1.29 is 5.11 Å². The first kappa shape index (κ1) is 9.27. The van der Waals surface area contributed by atoms with Crippen LogP contribution in [-0.2, 0) is 5.60 Å². The van der Waals surface area contributed by atoms with Gasteiger partial charge in [-0.25, -0.2) is 0 Å². The Hall–Kier alpha value is -0.820. The lowest BCUT2D eigenvalue weighted by Crippen LogP contribution is -2.17. The van der Waals surface area contributed by atoms with E-state index in [1.807, 2.05) is 32.9 Å². The van der Waals surface area contributed by atoms with Crippen LogP contribution in [0.1, 0.15) is 30.5 Å². The van der Waals surface area contributed by atoms with Gasteiger partial charge in [0.2, 0.25) is 0 Å². The third kappa shape index (κ3) is 1.67. The number of hydrogen-bond acceptors (Lipinski definition) is 1. The Morgan fingerprint density at radius 1 is 1.17 bits per heavy atom. The fourth-order valence-corrected chi connectivity index (χ4v) is 1.41. The van der Waals surface area contributed by atoms with Gasteiger partial charge in [-0.2, -0.15) is 0 Å². The van der Waals surface area contributed by atoms with Crippen LogP contribution < -0.4 is 0 Å². The Kier molecular flexibility index (Phi) is 2.25. The first-order valence-corrected chi connectivity index (χ1v) is 4.22. The van der Waals surface area contributed by atoms with Crippen molar-refractivity contribution in [3.8, 4) is 0 Å². The Balaban J connectivity index is 3.26. The van der Waals surface area contributed by atoms with Crippen LogP contribution >= 0.6 is 0 Å². The summed E-state index contributed by atoms with van der Waals surface area (Å²) in [5, 5.41) is 9.79. The third-order valence-corrected chi connectivity index (χ3v) is 2.26. The average Bonchev–Trinajstić information content (AvgIpc) is 1.92. The molecular weight excluding hydrogens is 148 g/mol. The van der Waals surface area contributed by atoms with E-state index in [1.165, 1.54) is 11.1 Å². The monoisotopic (exact) mass is 164 g/mol. The third-order valence-electron chi connectivity index (χ3n) is 2.26. The molecule has 0 aliphatic carbocycles. The Labute approximate surface area is 74.1 Å². The van der Waals surface area contributed by atoms with Crippen molar-refractivity contribution in [2.75, 3.05) is 0 Å². The number of benzene rings is 1. The van der Waals surface area contributed by atoms with Gasteiger partial charge in [0.05, 0.1) is 5.60 Å². The highest BCUT2D eigenvalue weighted by molar-refractivity contribution is 5.36. The van der Waals surface area contributed by atoms with Gasteiger partial charge >= 0.3 is 0 Å². The van der Waals surface area contributed by atoms with E-state index in [1.54, 1.807) is 0 Å². The summed E-state index contributed by atoms with van der Waals surface area (Å²) in [5.74, 6) is 0. The predicted molar refractivity (Wildman–Crippen MR) is 51.2 cm³/mol. The quantitative estimate of drug-likeness (QED) is 0.676. The van der Waals surface area contributed by atoms with E-state index < -0.39 is 5.60 Å². The zero-order valence-electron chi connectivity index (χ0n) is 8.18. The van der Waals surface area contributed by atoms with Crippen LogP contribution in [0.2, 0.25) is 0 Å². The first-order valence-electron chi connectivity index (χ1n) is 4.22. The van der Waals surface area contributed by atoms with Crippen LogP contribution in [0.25, 0.3) is 0 Å². The molecule has 1 aromatic carbocycles. The molecule has 0 radical (unpaired) electrons. The van der Waals surface area contributed by atoms with Crippen LogP contribution in [0.3, 0.4) is 0 Å². The lowest BCUT2D eigenvalue weighted by Gasteiger charge is -2.21. The molecule has 1 heteroatoms. The minimum Gasteiger partial charge on any atom is -0.386 e. The van der Waals surface area contributed by atoms with Gasteiger partial charge in [-0.15, -0.1) is 0 Å². The Bertz CT molecular complexity index is 282. The fraction of sp³-hybridized carbons (Fsp3) is 0.455.